The molecule has 0 aliphatic carbocycles. The normalized spacial score (nSPS) is 16.1. The van der Waals surface area contributed by atoms with Crippen molar-refractivity contribution in [1.29, 1.82) is 0 Å². The number of hydrogen-bond acceptors (Lipinski definition) is 4. The van der Waals surface area contributed by atoms with Crippen LogP contribution in [-0.4, -0.2) is 66.1 Å². The van der Waals surface area contributed by atoms with E-state index in [9.17, 15) is 22.8 Å². The lowest BCUT2D eigenvalue weighted by molar-refractivity contribution is -0.144. The van der Waals surface area contributed by atoms with Crippen LogP contribution >= 0.6 is 0 Å². The van der Waals surface area contributed by atoms with Crippen molar-refractivity contribution >= 4 is 17.5 Å². The topological polar surface area (TPSA) is 72.9 Å². The minimum atomic E-state index is -4.52. The van der Waals surface area contributed by atoms with E-state index in [1.807, 2.05) is 4.90 Å². The summed E-state index contributed by atoms with van der Waals surface area (Å²) in [5, 5.41) is 11.1. The summed E-state index contributed by atoms with van der Waals surface area (Å²) in [7, 11) is 0. The van der Waals surface area contributed by atoms with Gasteiger partial charge in [0.2, 0.25) is 0 Å². The maximum Gasteiger partial charge on any atom is 0.416 e. The first kappa shape index (κ1) is 18.2. The van der Waals surface area contributed by atoms with Gasteiger partial charge in [-0.1, -0.05) is 6.07 Å². The first-order valence-corrected chi connectivity index (χ1v) is 7.42. The van der Waals surface area contributed by atoms with Gasteiger partial charge in [-0.05, 0) is 18.2 Å². The van der Waals surface area contributed by atoms with Crippen LogP contribution in [-0.2, 0) is 15.8 Å². The van der Waals surface area contributed by atoms with Crippen molar-refractivity contribution in [3.05, 3.63) is 29.8 Å². The highest BCUT2D eigenvalue weighted by atomic mass is 19.4. The second-order valence-electron chi connectivity index (χ2n) is 5.39. The number of carbonyl (C=O) groups excluding carboxylic acids is 2. The Kier molecular flexibility index (Phi) is 5.79. The van der Waals surface area contributed by atoms with E-state index < -0.39 is 23.6 Å². The van der Waals surface area contributed by atoms with Crippen LogP contribution in [0.5, 0.6) is 0 Å². The van der Waals surface area contributed by atoms with Gasteiger partial charge in [0.25, 0.3) is 0 Å². The van der Waals surface area contributed by atoms with E-state index in [2.05, 4.69) is 5.32 Å². The first-order chi connectivity index (χ1) is 11.3. The minimum absolute atomic E-state index is 0.0178. The Labute approximate surface area is 136 Å². The number of β-amino-alcohol motifs (C(OH)–C–C–N with tert-alkyl or cyclic N) is 1. The smallest absolute Gasteiger partial charge is 0.395 e. The SMILES string of the molecule is O=C(Nc1cccc(C(F)(F)F)c1)C(=O)N1CCN(CCO)CC1. The number of rotatable bonds is 3. The predicted molar refractivity (Wildman–Crippen MR) is 80.2 cm³/mol. The maximum atomic E-state index is 12.6. The van der Waals surface area contributed by atoms with Crippen LogP contribution in [0.25, 0.3) is 0 Å². The largest absolute Gasteiger partial charge is 0.416 e. The molecule has 0 saturated carbocycles. The Bertz CT molecular complexity index is 599. The number of aliphatic hydroxyl groups is 1. The van der Waals surface area contributed by atoms with Crippen LogP contribution < -0.4 is 5.32 Å². The number of benzene rings is 1. The summed E-state index contributed by atoms with van der Waals surface area (Å²) in [4.78, 5) is 27.3. The summed E-state index contributed by atoms with van der Waals surface area (Å²) in [6.45, 7) is 2.23. The molecule has 2 rings (SSSR count). The summed E-state index contributed by atoms with van der Waals surface area (Å²) in [6, 6.07) is 4.12. The number of carbonyl (C=O) groups is 2. The molecule has 0 bridgehead atoms. The highest BCUT2D eigenvalue weighted by molar-refractivity contribution is 6.39. The first-order valence-electron chi connectivity index (χ1n) is 7.42. The number of piperazine rings is 1. The van der Waals surface area contributed by atoms with Crippen LogP contribution in [0.4, 0.5) is 18.9 Å². The molecule has 24 heavy (non-hydrogen) atoms. The number of alkyl halides is 3. The second kappa shape index (κ2) is 7.63. The maximum absolute atomic E-state index is 12.6. The molecule has 0 spiro atoms. The molecule has 2 amide bonds. The number of halogens is 3. The molecule has 132 valence electrons. The summed E-state index contributed by atoms with van der Waals surface area (Å²) in [5.41, 5.74) is -0.979. The number of nitrogens with zero attached hydrogens (tertiary/aromatic N) is 2. The molecule has 0 radical (unpaired) electrons. The van der Waals surface area contributed by atoms with Crippen molar-refractivity contribution in [3.63, 3.8) is 0 Å². The zero-order valence-electron chi connectivity index (χ0n) is 12.8. The number of nitrogens with one attached hydrogen (secondary N) is 1. The molecule has 1 aromatic carbocycles. The molecule has 1 fully saturated rings. The van der Waals surface area contributed by atoms with Gasteiger partial charge in [0.15, 0.2) is 0 Å². The zero-order chi connectivity index (χ0) is 17.7. The van der Waals surface area contributed by atoms with Crippen molar-refractivity contribution in [2.45, 2.75) is 6.18 Å². The fourth-order valence-electron chi connectivity index (χ4n) is 2.42. The van der Waals surface area contributed by atoms with Crippen LogP contribution in [0, 0.1) is 0 Å². The molecule has 1 saturated heterocycles. The van der Waals surface area contributed by atoms with Crippen molar-refractivity contribution in [1.82, 2.24) is 9.80 Å². The number of anilines is 1. The average molecular weight is 345 g/mol. The Balaban J connectivity index is 1.94. The lowest BCUT2D eigenvalue weighted by atomic mass is 10.2. The van der Waals surface area contributed by atoms with E-state index in [4.69, 9.17) is 5.11 Å². The number of hydrogen-bond donors (Lipinski definition) is 2. The third-order valence-corrected chi connectivity index (χ3v) is 3.72. The van der Waals surface area contributed by atoms with Crippen LogP contribution in [0.1, 0.15) is 5.56 Å². The van der Waals surface area contributed by atoms with Gasteiger partial charge in [-0.3, -0.25) is 14.5 Å². The molecule has 1 heterocycles. The van der Waals surface area contributed by atoms with E-state index in [1.165, 1.54) is 11.0 Å². The Morgan fingerprint density at radius 3 is 2.42 bits per heavy atom. The molecule has 9 heteroatoms. The third-order valence-electron chi connectivity index (χ3n) is 3.72. The summed E-state index contributed by atoms with van der Waals surface area (Å²) < 4.78 is 37.9. The molecule has 1 aliphatic heterocycles. The standard InChI is InChI=1S/C15H18F3N3O3/c16-15(17,18)11-2-1-3-12(10-11)19-13(23)14(24)21-6-4-20(5-7-21)8-9-22/h1-3,10,22H,4-9H2,(H,19,23). The number of aliphatic hydroxyl groups excluding tert-OH is 1. The molecule has 2 N–H and O–H groups in total. The van der Waals surface area contributed by atoms with Gasteiger partial charge in [0.1, 0.15) is 0 Å². The fourth-order valence-corrected chi connectivity index (χ4v) is 2.42. The molecule has 0 aromatic heterocycles. The highest BCUT2D eigenvalue weighted by Gasteiger charge is 2.31. The van der Waals surface area contributed by atoms with Gasteiger partial charge >= 0.3 is 18.0 Å². The van der Waals surface area contributed by atoms with Crippen molar-refractivity contribution in [2.24, 2.45) is 0 Å². The van der Waals surface area contributed by atoms with E-state index in [-0.39, 0.29) is 12.3 Å². The van der Waals surface area contributed by atoms with Gasteiger partial charge in [-0.15, -0.1) is 0 Å². The van der Waals surface area contributed by atoms with Crippen LogP contribution in [0.2, 0.25) is 0 Å². The molecule has 1 aromatic rings. The van der Waals surface area contributed by atoms with Crippen molar-refractivity contribution in [3.8, 4) is 0 Å². The monoisotopic (exact) mass is 345 g/mol. The highest BCUT2D eigenvalue weighted by Crippen LogP contribution is 2.30. The molecule has 0 unspecified atom stereocenters. The molecule has 6 nitrogen and oxygen atoms in total. The van der Waals surface area contributed by atoms with E-state index >= 15 is 0 Å². The van der Waals surface area contributed by atoms with Crippen molar-refractivity contribution in [2.75, 3.05) is 44.6 Å². The van der Waals surface area contributed by atoms with E-state index in [0.29, 0.717) is 32.7 Å². The predicted octanol–water partition coefficient (Wildman–Crippen LogP) is 0.780. The van der Waals surface area contributed by atoms with Crippen molar-refractivity contribution < 1.29 is 27.9 Å². The quantitative estimate of drug-likeness (QED) is 0.794. The Morgan fingerprint density at radius 1 is 1.17 bits per heavy atom. The lowest BCUT2D eigenvalue weighted by Gasteiger charge is -2.33. The lowest BCUT2D eigenvalue weighted by Crippen LogP contribution is -2.52. The van der Waals surface area contributed by atoms with E-state index in [0.717, 1.165) is 18.2 Å². The summed E-state index contributed by atoms with van der Waals surface area (Å²) >= 11 is 0. The summed E-state index contributed by atoms with van der Waals surface area (Å²) in [5.74, 6) is -1.75. The van der Waals surface area contributed by atoms with Gasteiger partial charge < -0.3 is 15.3 Å². The van der Waals surface area contributed by atoms with Gasteiger partial charge in [0, 0.05) is 38.4 Å². The zero-order valence-corrected chi connectivity index (χ0v) is 12.8. The fraction of sp³-hybridized carbons (Fsp3) is 0.467. The number of amides is 2. The van der Waals surface area contributed by atoms with Crippen LogP contribution in [0.3, 0.4) is 0 Å². The van der Waals surface area contributed by atoms with Gasteiger partial charge in [-0.2, -0.15) is 13.2 Å². The van der Waals surface area contributed by atoms with E-state index in [1.54, 1.807) is 0 Å². The Morgan fingerprint density at radius 2 is 1.83 bits per heavy atom. The molecular weight excluding hydrogens is 327 g/mol. The van der Waals surface area contributed by atoms with Crippen LogP contribution in [0.15, 0.2) is 24.3 Å². The second-order valence-corrected chi connectivity index (χ2v) is 5.39. The molecular formula is C15H18F3N3O3. The average Bonchev–Trinajstić information content (AvgIpc) is 2.54. The summed E-state index contributed by atoms with van der Waals surface area (Å²) in [6.07, 6.45) is -4.52. The Hall–Kier alpha value is -2.13. The third kappa shape index (κ3) is 4.68. The van der Waals surface area contributed by atoms with Gasteiger partial charge in [0.05, 0.1) is 12.2 Å². The minimum Gasteiger partial charge on any atom is -0.395 e. The molecule has 1 aliphatic rings. The molecule has 0 atom stereocenters. The van der Waals surface area contributed by atoms with Gasteiger partial charge in [-0.25, -0.2) is 0 Å².